The van der Waals surface area contributed by atoms with E-state index >= 15 is 0 Å². The number of thiol groups is 1. The molecule has 1 saturated carbocycles. The Bertz CT molecular complexity index is 1500. The van der Waals surface area contributed by atoms with Crippen molar-refractivity contribution in [3.63, 3.8) is 0 Å². The number of likely N-dealkylation sites (tertiary alicyclic amines) is 1. The maximum atomic E-state index is 13.8. The van der Waals surface area contributed by atoms with Crippen molar-refractivity contribution in [1.29, 1.82) is 0 Å². The largest absolute Gasteiger partial charge is 0.496 e. The van der Waals surface area contributed by atoms with Crippen molar-refractivity contribution in [2.24, 2.45) is 4.99 Å². The number of aliphatic imine (C=N–C) groups is 1. The zero-order valence-corrected chi connectivity index (χ0v) is 25.7. The van der Waals surface area contributed by atoms with Gasteiger partial charge in [0.1, 0.15) is 5.75 Å². The topological polar surface area (TPSA) is 75.9 Å². The first-order valence-electron chi connectivity index (χ1n) is 15.1. The Morgan fingerprint density at radius 3 is 2.62 bits per heavy atom. The maximum Gasteiger partial charge on any atom is 0.257 e. The number of methoxy groups -OCH3 is 1. The lowest BCUT2D eigenvalue weighted by Crippen LogP contribution is -2.44. The molecular weight excluding hydrogens is 544 g/mol. The number of carbonyl (C=O) groups excluding carboxylic acids is 1. The van der Waals surface area contributed by atoms with E-state index in [0.717, 1.165) is 77.3 Å². The number of pyridine rings is 1. The number of rotatable bonds is 7. The van der Waals surface area contributed by atoms with Crippen molar-refractivity contribution < 1.29 is 9.53 Å². The minimum atomic E-state index is -0.00378. The van der Waals surface area contributed by atoms with Crippen molar-refractivity contribution >= 4 is 29.7 Å². The van der Waals surface area contributed by atoms with Crippen LogP contribution in [0.1, 0.15) is 73.5 Å². The second kappa shape index (κ2) is 12.4. The van der Waals surface area contributed by atoms with E-state index in [-0.39, 0.29) is 11.9 Å². The summed E-state index contributed by atoms with van der Waals surface area (Å²) in [7, 11) is 3.56. The number of benzene rings is 1. The van der Waals surface area contributed by atoms with Crippen LogP contribution in [-0.4, -0.2) is 76.0 Å². The fourth-order valence-electron chi connectivity index (χ4n) is 6.89. The summed E-state index contributed by atoms with van der Waals surface area (Å²) in [5.74, 6) is 0.533. The first kappa shape index (κ1) is 28.7. The van der Waals surface area contributed by atoms with Crippen molar-refractivity contribution in [3.05, 3.63) is 65.2 Å². The molecule has 0 N–H and O–H groups in total. The van der Waals surface area contributed by atoms with Gasteiger partial charge in [0.05, 0.1) is 40.4 Å². The van der Waals surface area contributed by atoms with Gasteiger partial charge >= 0.3 is 0 Å². The number of amides is 1. The first-order chi connectivity index (χ1) is 20.5. The number of hydrogen-bond acceptors (Lipinski definition) is 7. The van der Waals surface area contributed by atoms with E-state index in [1.807, 2.05) is 60.1 Å². The minimum absolute atomic E-state index is 0.00378. The predicted molar refractivity (Wildman–Crippen MR) is 171 cm³/mol. The summed E-state index contributed by atoms with van der Waals surface area (Å²) < 4.78 is 7.72. The monoisotopic (exact) mass is 584 g/mol. The van der Waals surface area contributed by atoms with Gasteiger partial charge in [-0.05, 0) is 95.6 Å². The quantitative estimate of drug-likeness (QED) is 0.270. The standard InChI is InChI=1S/C33H40N6O2S/c1-4-35-28-16-15-27-30(22-8-7-17-34-21-22)36-39(31(27)32(28)42)25-13-14-26(29(20-25)41-3)33(40)37(2)23-9-11-24(12-10-23)38-18-5-6-19-38/h4,7-8,13-14,17,20-21,23-24,42H,5-6,9-12,15-16,18-19H2,1-3H3. The van der Waals surface area contributed by atoms with Crippen LogP contribution in [0.5, 0.6) is 5.75 Å². The van der Waals surface area contributed by atoms with Crippen LogP contribution < -0.4 is 4.74 Å². The molecule has 2 fully saturated rings. The third-order valence-corrected chi connectivity index (χ3v) is 9.63. The van der Waals surface area contributed by atoms with Crippen LogP contribution in [0.4, 0.5) is 0 Å². The lowest BCUT2D eigenvalue weighted by molar-refractivity contribution is 0.0643. The summed E-state index contributed by atoms with van der Waals surface area (Å²) in [5.41, 5.74) is 6.17. The minimum Gasteiger partial charge on any atom is -0.496 e. The van der Waals surface area contributed by atoms with E-state index in [4.69, 9.17) is 22.5 Å². The Kier molecular flexibility index (Phi) is 8.49. The molecule has 0 atom stereocenters. The highest BCUT2D eigenvalue weighted by Crippen LogP contribution is 2.41. The van der Waals surface area contributed by atoms with Crippen LogP contribution in [0, 0.1) is 0 Å². The van der Waals surface area contributed by atoms with Crippen LogP contribution in [0.25, 0.3) is 21.8 Å². The Labute approximate surface area is 253 Å². The maximum absolute atomic E-state index is 13.8. The van der Waals surface area contributed by atoms with E-state index in [2.05, 4.69) is 14.9 Å². The molecule has 220 valence electrons. The van der Waals surface area contributed by atoms with Crippen molar-refractivity contribution in [1.82, 2.24) is 24.6 Å². The molecule has 2 aromatic heterocycles. The van der Waals surface area contributed by atoms with E-state index in [1.165, 1.54) is 25.9 Å². The second-order valence-corrected chi connectivity index (χ2v) is 12.0. The smallest absolute Gasteiger partial charge is 0.257 e. The molecule has 3 aromatic rings. The van der Waals surface area contributed by atoms with Crippen LogP contribution >= 0.6 is 12.6 Å². The van der Waals surface area contributed by atoms with Gasteiger partial charge in [-0.2, -0.15) is 5.10 Å². The normalized spacial score (nSPS) is 21.1. The lowest BCUT2D eigenvalue weighted by atomic mass is 9.89. The van der Waals surface area contributed by atoms with Crippen molar-refractivity contribution in [2.75, 3.05) is 27.2 Å². The van der Waals surface area contributed by atoms with Crippen LogP contribution in [0.2, 0.25) is 0 Å². The van der Waals surface area contributed by atoms with Crippen molar-refractivity contribution in [2.45, 2.75) is 70.4 Å². The summed E-state index contributed by atoms with van der Waals surface area (Å²) in [4.78, 5) is 28.1. The molecule has 1 amide bonds. The van der Waals surface area contributed by atoms with Gasteiger partial charge in [-0.25, -0.2) is 4.68 Å². The van der Waals surface area contributed by atoms with E-state index < -0.39 is 0 Å². The molecule has 0 bridgehead atoms. The lowest BCUT2D eigenvalue weighted by Gasteiger charge is -2.38. The molecule has 1 saturated heterocycles. The molecule has 1 aromatic carbocycles. The highest BCUT2D eigenvalue weighted by molar-refractivity contribution is 7.90. The number of aromatic nitrogens is 3. The number of nitrogens with zero attached hydrogens (tertiary/aromatic N) is 6. The molecule has 6 rings (SSSR count). The third-order valence-electron chi connectivity index (χ3n) is 9.16. The zero-order valence-electron chi connectivity index (χ0n) is 24.8. The van der Waals surface area contributed by atoms with Crippen LogP contribution in [0.3, 0.4) is 0 Å². The number of ether oxygens (including phenoxy) is 1. The Balaban J connectivity index is 1.30. The average molecular weight is 585 g/mol. The highest BCUT2D eigenvalue weighted by Gasteiger charge is 2.32. The number of carbonyl (C=O) groups is 1. The fourth-order valence-corrected chi connectivity index (χ4v) is 7.29. The van der Waals surface area contributed by atoms with Gasteiger partial charge in [-0.3, -0.25) is 14.8 Å². The predicted octanol–water partition coefficient (Wildman–Crippen LogP) is 6.06. The molecule has 2 aliphatic carbocycles. The SMILES string of the molecule is CC=NC1=C(S)c2c(c(-c3cccnc3)nn2-c2ccc(C(=O)N(C)C3CCC(N4CCCC4)CC3)c(OC)c2)CC1. The van der Waals surface area contributed by atoms with E-state index in [9.17, 15) is 4.79 Å². The van der Waals surface area contributed by atoms with Gasteiger partial charge in [-0.15, -0.1) is 12.6 Å². The summed E-state index contributed by atoms with van der Waals surface area (Å²) in [5, 5.41) is 5.06. The van der Waals surface area contributed by atoms with Gasteiger partial charge in [0.25, 0.3) is 5.91 Å². The van der Waals surface area contributed by atoms with Crippen molar-refractivity contribution in [3.8, 4) is 22.7 Å². The number of allylic oxidation sites excluding steroid dienone is 1. The number of fused-ring (bicyclic) bond motifs is 1. The molecule has 42 heavy (non-hydrogen) atoms. The van der Waals surface area contributed by atoms with Gasteiger partial charge < -0.3 is 14.5 Å². The number of hydrogen-bond donors (Lipinski definition) is 1. The molecular formula is C33H40N6O2S. The van der Waals surface area contributed by atoms with Gasteiger partial charge in [0, 0.05) is 54.9 Å². The molecule has 1 aliphatic heterocycles. The molecule has 3 aliphatic rings. The molecule has 8 nitrogen and oxygen atoms in total. The third kappa shape index (κ3) is 5.40. The zero-order chi connectivity index (χ0) is 29.2. The Hall–Kier alpha value is -3.43. The first-order valence-corrected chi connectivity index (χ1v) is 15.6. The summed E-state index contributed by atoms with van der Waals surface area (Å²) in [6.45, 7) is 4.38. The molecule has 9 heteroatoms. The molecule has 0 unspecified atom stereocenters. The summed E-state index contributed by atoms with van der Waals surface area (Å²) >= 11 is 4.93. The van der Waals surface area contributed by atoms with Crippen LogP contribution in [0.15, 0.2) is 53.4 Å². The van der Waals surface area contributed by atoms with E-state index in [1.54, 1.807) is 19.5 Å². The van der Waals surface area contributed by atoms with Gasteiger partial charge in [-0.1, -0.05) is 0 Å². The second-order valence-electron chi connectivity index (χ2n) is 11.5. The van der Waals surface area contributed by atoms with Gasteiger partial charge in [0.2, 0.25) is 0 Å². The van der Waals surface area contributed by atoms with E-state index in [0.29, 0.717) is 17.4 Å². The summed E-state index contributed by atoms with van der Waals surface area (Å²) in [6.07, 6.45) is 14.0. The molecule has 3 heterocycles. The molecule has 0 radical (unpaired) electrons. The van der Waals surface area contributed by atoms with Crippen LogP contribution in [-0.2, 0) is 6.42 Å². The fraction of sp³-hybridized carbons (Fsp3) is 0.455. The van der Waals surface area contributed by atoms with Gasteiger partial charge in [0.15, 0.2) is 0 Å². The Morgan fingerprint density at radius 2 is 1.93 bits per heavy atom. The molecule has 0 spiro atoms. The highest BCUT2D eigenvalue weighted by atomic mass is 32.1. The average Bonchev–Trinajstić information content (AvgIpc) is 3.71. The Morgan fingerprint density at radius 1 is 1.14 bits per heavy atom. The summed E-state index contributed by atoms with van der Waals surface area (Å²) in [6, 6.07) is 10.6.